The van der Waals surface area contributed by atoms with Crippen LogP contribution >= 0.6 is 11.6 Å². The zero-order chi connectivity index (χ0) is 16.7. The molecule has 0 aliphatic rings. The molecule has 0 unspecified atom stereocenters. The molecule has 0 saturated carbocycles. The van der Waals surface area contributed by atoms with Crippen LogP contribution in [-0.4, -0.2) is 19.1 Å². The van der Waals surface area contributed by atoms with Gasteiger partial charge >= 0.3 is 0 Å². The third-order valence-electron chi connectivity index (χ3n) is 2.87. The summed E-state index contributed by atoms with van der Waals surface area (Å²) in [5.41, 5.74) is 0.0226. The Labute approximate surface area is 139 Å². The average molecular weight is 338 g/mol. The number of hydrogen-bond acceptors (Lipinski definition) is 3. The van der Waals surface area contributed by atoms with E-state index in [1.165, 1.54) is 18.2 Å². The van der Waals surface area contributed by atoms with Crippen molar-refractivity contribution in [2.24, 2.45) is 0 Å². The molecule has 2 aromatic rings. The zero-order valence-electron chi connectivity index (χ0n) is 12.6. The van der Waals surface area contributed by atoms with Gasteiger partial charge < -0.3 is 14.8 Å². The van der Waals surface area contributed by atoms with Gasteiger partial charge in [0.15, 0.2) is 6.61 Å². The summed E-state index contributed by atoms with van der Waals surface area (Å²) in [6.45, 7) is 2.44. The van der Waals surface area contributed by atoms with Gasteiger partial charge in [-0.2, -0.15) is 0 Å². The predicted molar refractivity (Wildman–Crippen MR) is 87.8 cm³/mol. The lowest BCUT2D eigenvalue weighted by Gasteiger charge is -2.09. The third-order valence-corrected chi connectivity index (χ3v) is 3.10. The summed E-state index contributed by atoms with van der Waals surface area (Å²) >= 11 is 5.76. The average Bonchev–Trinajstić information content (AvgIpc) is 2.55. The Kier molecular flexibility index (Phi) is 6.23. The van der Waals surface area contributed by atoms with Crippen LogP contribution in [0, 0.1) is 5.82 Å². The molecule has 6 heteroatoms. The standard InChI is InChI=1S/C17H17ClFNO3/c1-2-9-22-13-4-6-14(7-5-13)23-11-17(21)20-16-10-12(18)3-8-15(16)19/h3-8,10H,2,9,11H2,1H3,(H,20,21). The van der Waals surface area contributed by atoms with Crippen molar-refractivity contribution < 1.29 is 18.7 Å². The van der Waals surface area contributed by atoms with Crippen LogP contribution in [0.2, 0.25) is 5.02 Å². The molecule has 0 atom stereocenters. The highest BCUT2D eigenvalue weighted by Gasteiger charge is 2.08. The van der Waals surface area contributed by atoms with Crippen LogP contribution in [0.5, 0.6) is 11.5 Å². The summed E-state index contributed by atoms with van der Waals surface area (Å²) in [6, 6.07) is 10.9. The van der Waals surface area contributed by atoms with E-state index in [1.54, 1.807) is 24.3 Å². The van der Waals surface area contributed by atoms with E-state index in [2.05, 4.69) is 5.32 Å². The van der Waals surface area contributed by atoms with Crippen molar-refractivity contribution in [2.75, 3.05) is 18.5 Å². The summed E-state index contributed by atoms with van der Waals surface area (Å²) in [6.07, 6.45) is 0.929. The normalized spacial score (nSPS) is 10.2. The second kappa shape index (κ2) is 8.39. The minimum Gasteiger partial charge on any atom is -0.494 e. The fourth-order valence-corrected chi connectivity index (χ4v) is 1.95. The fraction of sp³-hybridized carbons (Fsp3) is 0.235. The van der Waals surface area contributed by atoms with Gasteiger partial charge in [-0.1, -0.05) is 18.5 Å². The van der Waals surface area contributed by atoms with Crippen LogP contribution in [0.25, 0.3) is 0 Å². The van der Waals surface area contributed by atoms with E-state index in [0.717, 1.165) is 12.2 Å². The molecule has 0 spiro atoms. The van der Waals surface area contributed by atoms with Crippen LogP contribution in [0.4, 0.5) is 10.1 Å². The van der Waals surface area contributed by atoms with E-state index < -0.39 is 11.7 Å². The van der Waals surface area contributed by atoms with Crippen molar-refractivity contribution in [1.29, 1.82) is 0 Å². The molecule has 1 N–H and O–H groups in total. The largest absolute Gasteiger partial charge is 0.494 e. The third kappa shape index (κ3) is 5.45. The first-order valence-electron chi connectivity index (χ1n) is 7.19. The summed E-state index contributed by atoms with van der Waals surface area (Å²) in [4.78, 5) is 11.8. The topological polar surface area (TPSA) is 47.6 Å². The molecule has 0 fully saturated rings. The Bertz CT molecular complexity index is 661. The molecular weight excluding hydrogens is 321 g/mol. The maximum absolute atomic E-state index is 13.5. The van der Waals surface area contributed by atoms with Crippen molar-refractivity contribution >= 4 is 23.2 Å². The van der Waals surface area contributed by atoms with E-state index in [9.17, 15) is 9.18 Å². The molecular formula is C17H17ClFNO3. The number of hydrogen-bond donors (Lipinski definition) is 1. The van der Waals surface area contributed by atoms with Crippen molar-refractivity contribution in [3.05, 3.63) is 53.3 Å². The molecule has 122 valence electrons. The van der Waals surface area contributed by atoms with Crippen molar-refractivity contribution in [2.45, 2.75) is 13.3 Å². The number of benzene rings is 2. The van der Waals surface area contributed by atoms with Gasteiger partial charge in [0.05, 0.1) is 12.3 Å². The molecule has 2 aromatic carbocycles. The summed E-state index contributed by atoms with van der Waals surface area (Å²) < 4.78 is 24.3. The van der Waals surface area contributed by atoms with Crippen LogP contribution in [0.1, 0.15) is 13.3 Å². The maximum atomic E-state index is 13.5. The highest BCUT2D eigenvalue weighted by atomic mass is 35.5. The van der Waals surface area contributed by atoms with Gasteiger partial charge in [0.1, 0.15) is 17.3 Å². The van der Waals surface area contributed by atoms with Gasteiger partial charge in [-0.05, 0) is 48.9 Å². The summed E-state index contributed by atoms with van der Waals surface area (Å²) in [5.74, 6) is 0.234. The van der Waals surface area contributed by atoms with Crippen molar-refractivity contribution in [1.82, 2.24) is 0 Å². The number of carbonyl (C=O) groups excluding carboxylic acids is 1. The Hall–Kier alpha value is -2.27. The van der Waals surface area contributed by atoms with Crippen LogP contribution in [0.3, 0.4) is 0 Å². The van der Waals surface area contributed by atoms with E-state index in [1.807, 2.05) is 6.92 Å². The number of ether oxygens (including phenoxy) is 2. The molecule has 0 aliphatic carbocycles. The summed E-state index contributed by atoms with van der Waals surface area (Å²) in [7, 11) is 0. The Balaban J connectivity index is 1.85. The number of carbonyl (C=O) groups is 1. The first-order valence-corrected chi connectivity index (χ1v) is 7.57. The molecule has 0 saturated heterocycles. The SMILES string of the molecule is CCCOc1ccc(OCC(=O)Nc2cc(Cl)ccc2F)cc1. The van der Waals surface area contributed by atoms with E-state index in [4.69, 9.17) is 21.1 Å². The number of halogens is 2. The molecule has 0 radical (unpaired) electrons. The molecule has 0 heterocycles. The Morgan fingerprint density at radius 2 is 1.78 bits per heavy atom. The highest BCUT2D eigenvalue weighted by Crippen LogP contribution is 2.20. The van der Waals surface area contributed by atoms with Crippen molar-refractivity contribution in [3.8, 4) is 11.5 Å². The number of amides is 1. The van der Waals surface area contributed by atoms with Gasteiger partial charge in [0.25, 0.3) is 5.91 Å². The first kappa shape index (κ1) is 17.1. The molecule has 23 heavy (non-hydrogen) atoms. The Morgan fingerprint density at radius 1 is 1.13 bits per heavy atom. The van der Waals surface area contributed by atoms with Crippen LogP contribution < -0.4 is 14.8 Å². The Morgan fingerprint density at radius 3 is 2.43 bits per heavy atom. The number of rotatable bonds is 7. The fourth-order valence-electron chi connectivity index (χ4n) is 1.78. The second-order valence-corrected chi connectivity index (χ2v) is 5.22. The smallest absolute Gasteiger partial charge is 0.262 e. The lowest BCUT2D eigenvalue weighted by atomic mass is 10.3. The predicted octanol–water partition coefficient (Wildman–Crippen LogP) is 4.29. The van der Waals surface area contributed by atoms with E-state index in [-0.39, 0.29) is 12.3 Å². The number of nitrogens with one attached hydrogen (secondary N) is 1. The van der Waals surface area contributed by atoms with E-state index >= 15 is 0 Å². The first-order chi connectivity index (χ1) is 11.1. The minimum absolute atomic E-state index is 0.0226. The van der Waals surface area contributed by atoms with Crippen LogP contribution in [-0.2, 0) is 4.79 Å². The molecule has 0 aliphatic heterocycles. The second-order valence-electron chi connectivity index (χ2n) is 4.78. The van der Waals surface area contributed by atoms with Gasteiger partial charge in [-0.15, -0.1) is 0 Å². The zero-order valence-corrected chi connectivity index (χ0v) is 13.4. The van der Waals surface area contributed by atoms with Gasteiger partial charge in [0.2, 0.25) is 0 Å². The monoisotopic (exact) mass is 337 g/mol. The van der Waals surface area contributed by atoms with Gasteiger partial charge in [-0.25, -0.2) is 4.39 Å². The quantitative estimate of drug-likeness (QED) is 0.820. The number of anilines is 1. The lowest BCUT2D eigenvalue weighted by Crippen LogP contribution is -2.20. The van der Waals surface area contributed by atoms with Gasteiger partial charge in [0, 0.05) is 5.02 Å². The molecule has 0 aromatic heterocycles. The molecule has 0 bridgehead atoms. The van der Waals surface area contributed by atoms with Crippen molar-refractivity contribution in [3.63, 3.8) is 0 Å². The molecule has 2 rings (SSSR count). The maximum Gasteiger partial charge on any atom is 0.262 e. The highest BCUT2D eigenvalue weighted by molar-refractivity contribution is 6.30. The molecule has 4 nitrogen and oxygen atoms in total. The summed E-state index contributed by atoms with van der Waals surface area (Å²) in [5, 5.41) is 2.75. The van der Waals surface area contributed by atoms with E-state index in [0.29, 0.717) is 17.4 Å². The molecule has 1 amide bonds. The van der Waals surface area contributed by atoms with Crippen LogP contribution in [0.15, 0.2) is 42.5 Å². The minimum atomic E-state index is -0.555. The lowest BCUT2D eigenvalue weighted by molar-refractivity contribution is -0.118. The van der Waals surface area contributed by atoms with Gasteiger partial charge in [-0.3, -0.25) is 4.79 Å².